The molecule has 0 fully saturated rings. The van der Waals surface area contributed by atoms with Crippen LogP contribution in [0.3, 0.4) is 0 Å². The van der Waals surface area contributed by atoms with Crippen LogP contribution < -0.4 is 4.74 Å². The zero-order valence-electron chi connectivity index (χ0n) is 8.51. The first-order valence-electron chi connectivity index (χ1n) is 4.35. The molecule has 6 heteroatoms. The normalized spacial score (nSPS) is 12.1. The number of hydrogen-bond acceptors (Lipinski definition) is 5. The lowest BCUT2D eigenvalue weighted by atomic mass is 10.3. The number of carboxylic acids is 1. The molecule has 15 heavy (non-hydrogen) atoms. The van der Waals surface area contributed by atoms with Gasteiger partial charge in [-0.05, 0) is 13.0 Å². The number of methoxy groups -OCH3 is 1. The van der Waals surface area contributed by atoms with Crippen LogP contribution >= 0.6 is 0 Å². The quantitative estimate of drug-likeness (QED) is 0.769. The Balaban J connectivity index is 2.79. The van der Waals surface area contributed by atoms with E-state index in [1.54, 1.807) is 6.92 Å². The summed E-state index contributed by atoms with van der Waals surface area (Å²) in [6, 6.07) is 1.34. The predicted molar refractivity (Wildman–Crippen MR) is 51.0 cm³/mol. The number of hydrogen-bond donors (Lipinski definition) is 1. The van der Waals surface area contributed by atoms with Crippen LogP contribution in [0.5, 0.6) is 5.88 Å². The molecule has 0 aromatic carbocycles. The highest BCUT2D eigenvalue weighted by Gasteiger charge is 2.15. The van der Waals surface area contributed by atoms with Crippen LogP contribution in [-0.4, -0.2) is 41.1 Å². The van der Waals surface area contributed by atoms with E-state index in [1.807, 2.05) is 0 Å². The van der Waals surface area contributed by atoms with E-state index in [4.69, 9.17) is 14.6 Å². The van der Waals surface area contributed by atoms with Crippen LogP contribution in [0.2, 0.25) is 0 Å². The number of nitrogens with zero attached hydrogens (tertiary/aromatic N) is 2. The average Bonchev–Trinajstić information content (AvgIpc) is 2.18. The van der Waals surface area contributed by atoms with E-state index < -0.39 is 5.97 Å². The van der Waals surface area contributed by atoms with Gasteiger partial charge in [0.15, 0.2) is 0 Å². The molecular formula is C9H12N2O4. The fraction of sp³-hybridized carbons (Fsp3) is 0.444. The fourth-order valence-electron chi connectivity index (χ4n) is 1.03. The minimum Gasteiger partial charge on any atom is -0.477 e. The third-order valence-corrected chi connectivity index (χ3v) is 1.63. The molecule has 0 amide bonds. The lowest BCUT2D eigenvalue weighted by Crippen LogP contribution is -2.20. The Hall–Kier alpha value is -1.69. The first-order valence-corrected chi connectivity index (χ1v) is 4.35. The standard InChI is InChI=1S/C9H12N2O4/c1-6(5-14-2)15-8-7(9(12)13)3-4-10-11-8/h3-4,6H,5H2,1-2H3,(H,12,13). The van der Waals surface area contributed by atoms with Crippen molar-refractivity contribution in [3.63, 3.8) is 0 Å². The predicted octanol–water partition coefficient (Wildman–Crippen LogP) is 0.589. The highest BCUT2D eigenvalue weighted by molar-refractivity contribution is 5.89. The van der Waals surface area contributed by atoms with Gasteiger partial charge < -0.3 is 14.6 Å². The Morgan fingerprint density at radius 3 is 3.00 bits per heavy atom. The van der Waals surface area contributed by atoms with Gasteiger partial charge in [0.25, 0.3) is 0 Å². The van der Waals surface area contributed by atoms with Crippen LogP contribution in [0.4, 0.5) is 0 Å². The molecule has 0 spiro atoms. The Morgan fingerprint density at radius 1 is 1.67 bits per heavy atom. The van der Waals surface area contributed by atoms with E-state index in [-0.39, 0.29) is 17.5 Å². The summed E-state index contributed by atoms with van der Waals surface area (Å²) in [6.07, 6.45) is 1.03. The van der Waals surface area contributed by atoms with Crippen molar-refractivity contribution in [2.24, 2.45) is 0 Å². The number of carboxylic acid groups (broad SMARTS) is 1. The smallest absolute Gasteiger partial charge is 0.341 e. The lowest BCUT2D eigenvalue weighted by molar-refractivity contribution is 0.0666. The zero-order valence-corrected chi connectivity index (χ0v) is 8.51. The fourth-order valence-corrected chi connectivity index (χ4v) is 1.03. The Labute approximate surface area is 86.8 Å². The molecule has 1 aromatic heterocycles. The van der Waals surface area contributed by atoms with Crippen LogP contribution in [0.25, 0.3) is 0 Å². The maximum atomic E-state index is 10.8. The van der Waals surface area contributed by atoms with Gasteiger partial charge in [-0.25, -0.2) is 4.79 Å². The van der Waals surface area contributed by atoms with Crippen molar-refractivity contribution in [2.45, 2.75) is 13.0 Å². The van der Waals surface area contributed by atoms with Gasteiger partial charge in [0.05, 0.1) is 12.8 Å². The molecule has 0 saturated heterocycles. The third-order valence-electron chi connectivity index (χ3n) is 1.63. The van der Waals surface area contributed by atoms with Crippen molar-refractivity contribution in [2.75, 3.05) is 13.7 Å². The molecule has 1 N–H and O–H groups in total. The second kappa shape index (κ2) is 5.26. The molecule has 0 aliphatic rings. The summed E-state index contributed by atoms with van der Waals surface area (Å²) in [5.74, 6) is -1.08. The first kappa shape index (κ1) is 11.4. The maximum Gasteiger partial charge on any atom is 0.341 e. The van der Waals surface area contributed by atoms with Gasteiger partial charge in [-0.3, -0.25) is 0 Å². The monoisotopic (exact) mass is 212 g/mol. The minimum absolute atomic E-state index is 0.00652. The minimum atomic E-state index is -1.09. The van der Waals surface area contributed by atoms with Crippen molar-refractivity contribution in [3.05, 3.63) is 17.8 Å². The van der Waals surface area contributed by atoms with Crippen LogP contribution in [0.1, 0.15) is 17.3 Å². The highest BCUT2D eigenvalue weighted by atomic mass is 16.5. The molecule has 1 unspecified atom stereocenters. The topological polar surface area (TPSA) is 81.5 Å². The van der Waals surface area contributed by atoms with E-state index in [9.17, 15) is 4.79 Å². The molecule has 1 rings (SSSR count). The Bertz CT molecular complexity index is 343. The zero-order chi connectivity index (χ0) is 11.3. The molecule has 82 valence electrons. The molecule has 0 aliphatic carbocycles. The van der Waals surface area contributed by atoms with Crippen LogP contribution in [-0.2, 0) is 4.74 Å². The van der Waals surface area contributed by atoms with Crippen molar-refractivity contribution >= 4 is 5.97 Å². The van der Waals surface area contributed by atoms with Gasteiger partial charge in [-0.2, -0.15) is 5.10 Å². The Morgan fingerprint density at radius 2 is 2.40 bits per heavy atom. The number of ether oxygens (including phenoxy) is 2. The maximum absolute atomic E-state index is 10.8. The second-order valence-electron chi connectivity index (χ2n) is 2.94. The molecule has 1 heterocycles. The Kier molecular flexibility index (Phi) is 3.99. The van der Waals surface area contributed by atoms with Gasteiger partial charge in [0, 0.05) is 7.11 Å². The number of aromatic carboxylic acids is 1. The summed E-state index contributed by atoms with van der Waals surface area (Å²) in [7, 11) is 1.54. The largest absolute Gasteiger partial charge is 0.477 e. The molecule has 0 saturated carbocycles. The van der Waals surface area contributed by atoms with Gasteiger partial charge in [0.2, 0.25) is 5.88 Å². The summed E-state index contributed by atoms with van der Waals surface area (Å²) in [6.45, 7) is 2.11. The van der Waals surface area contributed by atoms with Gasteiger partial charge >= 0.3 is 5.97 Å². The molecule has 6 nitrogen and oxygen atoms in total. The number of carbonyl (C=O) groups is 1. The van der Waals surface area contributed by atoms with Crippen molar-refractivity contribution in [1.82, 2.24) is 10.2 Å². The van der Waals surface area contributed by atoms with Crippen molar-refractivity contribution in [1.29, 1.82) is 0 Å². The van der Waals surface area contributed by atoms with E-state index >= 15 is 0 Å². The van der Waals surface area contributed by atoms with Gasteiger partial charge in [0.1, 0.15) is 11.7 Å². The van der Waals surface area contributed by atoms with Gasteiger partial charge in [-0.15, -0.1) is 5.10 Å². The molecule has 0 bridgehead atoms. The highest BCUT2D eigenvalue weighted by Crippen LogP contribution is 2.14. The summed E-state index contributed by atoms with van der Waals surface area (Å²) in [4.78, 5) is 10.8. The van der Waals surface area contributed by atoms with E-state index in [0.29, 0.717) is 6.61 Å². The SMILES string of the molecule is COCC(C)Oc1nnccc1C(=O)O. The third kappa shape index (κ3) is 3.17. The number of rotatable bonds is 5. The van der Waals surface area contributed by atoms with Crippen LogP contribution in [0, 0.1) is 0 Å². The van der Waals surface area contributed by atoms with E-state index in [2.05, 4.69) is 10.2 Å². The van der Waals surface area contributed by atoms with Crippen molar-refractivity contribution < 1.29 is 19.4 Å². The molecule has 1 aromatic rings. The average molecular weight is 212 g/mol. The van der Waals surface area contributed by atoms with Crippen LogP contribution in [0.15, 0.2) is 12.3 Å². The summed E-state index contributed by atoms with van der Waals surface area (Å²) >= 11 is 0. The molecule has 1 atom stereocenters. The number of aromatic nitrogens is 2. The molecule has 0 aliphatic heterocycles. The van der Waals surface area contributed by atoms with E-state index in [0.717, 1.165) is 0 Å². The summed E-state index contributed by atoms with van der Waals surface area (Å²) < 4.78 is 10.1. The second-order valence-corrected chi connectivity index (χ2v) is 2.94. The van der Waals surface area contributed by atoms with Crippen molar-refractivity contribution in [3.8, 4) is 5.88 Å². The molecule has 0 radical (unpaired) electrons. The lowest BCUT2D eigenvalue weighted by Gasteiger charge is -2.13. The summed E-state index contributed by atoms with van der Waals surface area (Å²) in [5.41, 5.74) is -0.00652. The molecular weight excluding hydrogens is 200 g/mol. The first-order chi connectivity index (χ1) is 7.15. The van der Waals surface area contributed by atoms with Gasteiger partial charge in [-0.1, -0.05) is 0 Å². The summed E-state index contributed by atoms with van der Waals surface area (Å²) in [5, 5.41) is 16.0. The van der Waals surface area contributed by atoms with E-state index in [1.165, 1.54) is 19.4 Å².